The zero-order valence-corrected chi connectivity index (χ0v) is 12.6. The maximum Gasteiger partial charge on any atom is 0.123 e. The van der Waals surface area contributed by atoms with Gasteiger partial charge >= 0.3 is 0 Å². The van der Waals surface area contributed by atoms with Gasteiger partial charge in [0.1, 0.15) is 5.82 Å². The Kier molecular flexibility index (Phi) is 5.24. The molecule has 1 unspecified atom stereocenters. The number of hydrazine groups is 1. The second kappa shape index (κ2) is 6.74. The molecule has 0 aliphatic heterocycles. The second-order valence-electron chi connectivity index (χ2n) is 4.32. The van der Waals surface area contributed by atoms with Gasteiger partial charge in [-0.15, -0.1) is 0 Å². The minimum absolute atomic E-state index is 0.319. The lowest BCUT2D eigenvalue weighted by molar-refractivity contribution is 0.549. The highest BCUT2D eigenvalue weighted by molar-refractivity contribution is 6.33. The molecule has 0 aliphatic rings. The molecule has 2 nitrogen and oxygen atoms in total. The number of benzene rings is 2. The first-order chi connectivity index (χ1) is 9.51. The minimum atomic E-state index is -0.350. The number of hydrogen-bond acceptors (Lipinski definition) is 2. The highest BCUT2D eigenvalue weighted by Gasteiger charge is 2.16. The summed E-state index contributed by atoms with van der Waals surface area (Å²) in [5.41, 5.74) is 4.04. The van der Waals surface area contributed by atoms with Crippen LogP contribution in [0.1, 0.15) is 17.2 Å². The zero-order chi connectivity index (χ0) is 14.7. The van der Waals surface area contributed by atoms with Crippen molar-refractivity contribution in [3.63, 3.8) is 0 Å². The van der Waals surface area contributed by atoms with Crippen LogP contribution in [0.5, 0.6) is 0 Å². The molecule has 0 fully saturated rings. The Morgan fingerprint density at radius 2 is 1.75 bits per heavy atom. The van der Waals surface area contributed by atoms with Gasteiger partial charge in [-0.1, -0.05) is 34.8 Å². The Balaban J connectivity index is 2.33. The topological polar surface area (TPSA) is 38.0 Å². The van der Waals surface area contributed by atoms with E-state index in [1.807, 2.05) is 0 Å². The fraction of sp³-hybridized carbons (Fsp3) is 0.143. The van der Waals surface area contributed by atoms with E-state index in [0.717, 1.165) is 5.56 Å². The van der Waals surface area contributed by atoms with E-state index in [-0.39, 0.29) is 11.9 Å². The van der Waals surface area contributed by atoms with E-state index in [2.05, 4.69) is 5.43 Å². The number of halogens is 4. The second-order valence-corrected chi connectivity index (χ2v) is 5.58. The van der Waals surface area contributed by atoms with Crippen LogP contribution in [0, 0.1) is 5.82 Å². The lowest BCUT2D eigenvalue weighted by Gasteiger charge is -2.19. The summed E-state index contributed by atoms with van der Waals surface area (Å²) in [6.07, 6.45) is 0.396. The van der Waals surface area contributed by atoms with E-state index in [1.54, 1.807) is 18.2 Å². The van der Waals surface area contributed by atoms with Crippen LogP contribution in [0.4, 0.5) is 4.39 Å². The van der Waals surface area contributed by atoms with Crippen LogP contribution in [0.15, 0.2) is 36.4 Å². The first kappa shape index (κ1) is 15.5. The Morgan fingerprint density at radius 1 is 1.05 bits per heavy atom. The molecule has 2 aromatic carbocycles. The monoisotopic (exact) mass is 332 g/mol. The van der Waals surface area contributed by atoms with E-state index in [9.17, 15) is 4.39 Å². The maximum atomic E-state index is 13.3. The fourth-order valence-electron chi connectivity index (χ4n) is 1.96. The van der Waals surface area contributed by atoms with Crippen molar-refractivity contribution < 1.29 is 4.39 Å². The molecule has 6 heteroatoms. The molecule has 0 spiro atoms. The molecule has 106 valence electrons. The summed E-state index contributed by atoms with van der Waals surface area (Å²) in [6, 6.07) is 8.99. The minimum Gasteiger partial charge on any atom is -0.271 e. The number of hydrogen-bond donors (Lipinski definition) is 2. The molecule has 0 heterocycles. The molecule has 0 aromatic heterocycles. The van der Waals surface area contributed by atoms with Crippen LogP contribution in [0.2, 0.25) is 15.1 Å². The summed E-state index contributed by atoms with van der Waals surface area (Å²) in [5, 5.41) is 1.56. The van der Waals surface area contributed by atoms with Gasteiger partial charge in [-0.05, 0) is 53.9 Å². The molecule has 2 aromatic rings. The zero-order valence-electron chi connectivity index (χ0n) is 10.3. The van der Waals surface area contributed by atoms with Gasteiger partial charge in [0.05, 0.1) is 6.04 Å². The number of rotatable bonds is 4. The molecule has 0 radical (unpaired) electrons. The van der Waals surface area contributed by atoms with Gasteiger partial charge in [0.15, 0.2) is 0 Å². The van der Waals surface area contributed by atoms with Crippen molar-refractivity contribution in [3.05, 3.63) is 68.4 Å². The maximum absolute atomic E-state index is 13.3. The van der Waals surface area contributed by atoms with Gasteiger partial charge in [0.2, 0.25) is 0 Å². The molecule has 0 aliphatic carbocycles. The third kappa shape index (κ3) is 3.62. The summed E-state index contributed by atoms with van der Waals surface area (Å²) in [7, 11) is 0. The normalized spacial score (nSPS) is 12.4. The van der Waals surface area contributed by atoms with E-state index < -0.39 is 0 Å². The van der Waals surface area contributed by atoms with Crippen molar-refractivity contribution in [2.45, 2.75) is 12.5 Å². The standard InChI is InChI=1S/C14H12Cl3FN2/c15-9-1-3-13(17)11(7-9)14(20-19)6-8-5-10(18)2-4-12(8)16/h1-5,7,14,20H,6,19H2. The summed E-state index contributed by atoms with van der Waals surface area (Å²) >= 11 is 18.2. The third-order valence-electron chi connectivity index (χ3n) is 2.97. The molecule has 2 rings (SSSR count). The fourth-order valence-corrected chi connectivity index (χ4v) is 2.58. The largest absolute Gasteiger partial charge is 0.271 e. The van der Waals surface area contributed by atoms with Gasteiger partial charge in [-0.25, -0.2) is 4.39 Å². The number of nitrogens with two attached hydrogens (primary N) is 1. The number of nitrogens with one attached hydrogen (secondary N) is 1. The van der Waals surface area contributed by atoms with Crippen LogP contribution < -0.4 is 11.3 Å². The average molecular weight is 334 g/mol. The molecule has 0 saturated heterocycles. The van der Waals surface area contributed by atoms with Crippen LogP contribution in [-0.2, 0) is 6.42 Å². The molecule has 20 heavy (non-hydrogen) atoms. The van der Waals surface area contributed by atoms with Crippen molar-refractivity contribution in [2.24, 2.45) is 5.84 Å². The van der Waals surface area contributed by atoms with E-state index >= 15 is 0 Å². The van der Waals surface area contributed by atoms with Crippen molar-refractivity contribution in [3.8, 4) is 0 Å². The van der Waals surface area contributed by atoms with E-state index in [1.165, 1.54) is 18.2 Å². The summed E-state index contributed by atoms with van der Waals surface area (Å²) in [5.74, 6) is 5.22. The molecule has 3 N–H and O–H groups in total. The molecular weight excluding hydrogens is 322 g/mol. The Bertz CT molecular complexity index is 619. The lowest BCUT2D eigenvalue weighted by Crippen LogP contribution is -2.30. The van der Waals surface area contributed by atoms with Crippen molar-refractivity contribution in [1.29, 1.82) is 0 Å². The third-order valence-corrected chi connectivity index (χ3v) is 3.91. The average Bonchev–Trinajstić information content (AvgIpc) is 2.42. The molecular formula is C14H12Cl3FN2. The quantitative estimate of drug-likeness (QED) is 0.637. The highest BCUT2D eigenvalue weighted by atomic mass is 35.5. The van der Waals surface area contributed by atoms with E-state index in [4.69, 9.17) is 40.6 Å². The van der Waals surface area contributed by atoms with Gasteiger partial charge in [-0.3, -0.25) is 11.3 Å². The summed E-state index contributed by atoms with van der Waals surface area (Å²) in [4.78, 5) is 0. The van der Waals surface area contributed by atoms with Crippen LogP contribution >= 0.6 is 34.8 Å². The summed E-state index contributed by atoms with van der Waals surface area (Å²) in [6.45, 7) is 0. The highest BCUT2D eigenvalue weighted by Crippen LogP contribution is 2.30. The lowest BCUT2D eigenvalue weighted by atomic mass is 9.99. The van der Waals surface area contributed by atoms with Crippen molar-refractivity contribution in [2.75, 3.05) is 0 Å². The van der Waals surface area contributed by atoms with Gasteiger partial charge in [0.25, 0.3) is 0 Å². The Morgan fingerprint density at radius 3 is 2.45 bits per heavy atom. The Hall–Kier alpha value is -0.840. The SMILES string of the molecule is NNC(Cc1cc(F)ccc1Cl)c1cc(Cl)ccc1Cl. The smallest absolute Gasteiger partial charge is 0.123 e. The van der Waals surface area contributed by atoms with E-state index in [0.29, 0.717) is 27.1 Å². The predicted octanol–water partition coefficient (Wildman–Crippen LogP) is 4.53. The Labute approximate surface area is 131 Å². The van der Waals surface area contributed by atoms with Gasteiger partial charge in [0, 0.05) is 15.1 Å². The first-order valence-corrected chi connectivity index (χ1v) is 6.99. The van der Waals surface area contributed by atoms with Gasteiger partial charge < -0.3 is 0 Å². The predicted molar refractivity (Wildman–Crippen MR) is 81.6 cm³/mol. The molecule has 0 bridgehead atoms. The first-order valence-electron chi connectivity index (χ1n) is 5.86. The van der Waals surface area contributed by atoms with Crippen molar-refractivity contribution >= 4 is 34.8 Å². The van der Waals surface area contributed by atoms with Crippen LogP contribution in [-0.4, -0.2) is 0 Å². The summed E-state index contributed by atoms with van der Waals surface area (Å²) < 4.78 is 13.3. The van der Waals surface area contributed by atoms with Gasteiger partial charge in [-0.2, -0.15) is 0 Å². The molecule has 0 saturated carbocycles. The van der Waals surface area contributed by atoms with Crippen LogP contribution in [0.3, 0.4) is 0 Å². The van der Waals surface area contributed by atoms with Crippen molar-refractivity contribution in [1.82, 2.24) is 5.43 Å². The molecule has 0 amide bonds. The van der Waals surface area contributed by atoms with Crippen LogP contribution in [0.25, 0.3) is 0 Å². The molecule has 1 atom stereocenters.